The minimum Gasteiger partial charge on any atom is -0.366 e. The zero-order valence-corrected chi connectivity index (χ0v) is 10.9. The Hall–Kier alpha value is -1.98. The van der Waals surface area contributed by atoms with Crippen molar-refractivity contribution in [1.82, 2.24) is 0 Å². The lowest BCUT2D eigenvalue weighted by atomic mass is 10.0. The molecule has 108 valence electrons. The predicted octanol–water partition coefficient (Wildman–Crippen LogP) is 2.55. The van der Waals surface area contributed by atoms with E-state index in [9.17, 15) is 18.0 Å². The Kier molecular flexibility index (Phi) is 3.74. The largest absolute Gasteiger partial charge is 0.409 e. The number of anilines is 1. The molecule has 6 heteroatoms. The number of alkyl halides is 3. The van der Waals surface area contributed by atoms with Gasteiger partial charge in [-0.25, -0.2) is 0 Å². The minimum atomic E-state index is -4.36. The molecule has 1 unspecified atom stereocenters. The summed E-state index contributed by atoms with van der Waals surface area (Å²) in [6, 6.07) is 5.10. The smallest absolute Gasteiger partial charge is 0.366 e. The summed E-state index contributed by atoms with van der Waals surface area (Å²) < 4.78 is 39.3. The van der Waals surface area contributed by atoms with Crippen molar-refractivity contribution in [3.63, 3.8) is 0 Å². The fraction of sp³-hybridized carbons (Fsp3) is 0.357. The first-order valence-electron chi connectivity index (χ1n) is 6.18. The van der Waals surface area contributed by atoms with Gasteiger partial charge in [-0.1, -0.05) is 23.8 Å². The van der Waals surface area contributed by atoms with Gasteiger partial charge < -0.3 is 10.6 Å². The third kappa shape index (κ3) is 2.95. The molecule has 0 aromatic heterocycles. The lowest BCUT2D eigenvalue weighted by molar-refractivity contribution is -0.148. The number of carbonyl (C=O) groups is 1. The zero-order valence-electron chi connectivity index (χ0n) is 10.9. The number of primary amides is 1. The number of halogens is 3. The van der Waals surface area contributed by atoms with Crippen molar-refractivity contribution in [3.8, 4) is 0 Å². The highest BCUT2D eigenvalue weighted by Crippen LogP contribution is 2.34. The average molecular weight is 284 g/mol. The van der Waals surface area contributed by atoms with Crippen LogP contribution in [0.2, 0.25) is 0 Å². The maximum absolute atomic E-state index is 13.1. The van der Waals surface area contributed by atoms with Gasteiger partial charge in [0.05, 0.1) is 0 Å². The highest BCUT2D eigenvalue weighted by molar-refractivity contribution is 5.93. The van der Waals surface area contributed by atoms with Gasteiger partial charge >= 0.3 is 6.18 Å². The lowest BCUT2D eigenvalue weighted by Gasteiger charge is -2.37. The van der Waals surface area contributed by atoms with Gasteiger partial charge in [0, 0.05) is 17.8 Å². The second-order valence-corrected chi connectivity index (χ2v) is 4.85. The number of hydrogen-bond acceptors (Lipinski definition) is 2. The molecule has 1 amide bonds. The topological polar surface area (TPSA) is 46.3 Å². The molecule has 1 aliphatic heterocycles. The third-order valence-corrected chi connectivity index (χ3v) is 3.36. The number of nitrogens with two attached hydrogens (primary N) is 1. The predicted molar refractivity (Wildman–Crippen MR) is 70.3 cm³/mol. The first-order chi connectivity index (χ1) is 9.29. The van der Waals surface area contributed by atoms with Gasteiger partial charge in [-0.2, -0.15) is 13.2 Å². The summed E-state index contributed by atoms with van der Waals surface area (Å²) in [5.74, 6) is -0.678. The number of aryl methyl sites for hydroxylation is 1. The molecular weight excluding hydrogens is 269 g/mol. The monoisotopic (exact) mass is 284 g/mol. The van der Waals surface area contributed by atoms with Crippen LogP contribution in [0.25, 0.3) is 0 Å². The van der Waals surface area contributed by atoms with Crippen LogP contribution < -0.4 is 10.6 Å². The Balaban J connectivity index is 2.37. The summed E-state index contributed by atoms with van der Waals surface area (Å²) >= 11 is 0. The first kappa shape index (κ1) is 14.4. The highest BCUT2D eigenvalue weighted by atomic mass is 19.4. The van der Waals surface area contributed by atoms with E-state index < -0.39 is 18.1 Å². The van der Waals surface area contributed by atoms with Crippen molar-refractivity contribution in [1.29, 1.82) is 0 Å². The molecule has 0 fully saturated rings. The van der Waals surface area contributed by atoms with Gasteiger partial charge in [0.1, 0.15) is 6.04 Å². The lowest BCUT2D eigenvalue weighted by Crippen LogP contribution is -2.49. The van der Waals surface area contributed by atoms with Crippen LogP contribution in [0.3, 0.4) is 0 Å². The second kappa shape index (κ2) is 5.19. The van der Waals surface area contributed by atoms with Gasteiger partial charge in [-0.3, -0.25) is 4.79 Å². The SMILES string of the molecule is Cc1ccc(N2CC(C(N)=O)=CCC2C(F)(F)F)cc1. The van der Waals surface area contributed by atoms with Gasteiger partial charge in [-0.05, 0) is 25.5 Å². The van der Waals surface area contributed by atoms with Crippen molar-refractivity contribution in [3.05, 3.63) is 41.5 Å². The van der Waals surface area contributed by atoms with E-state index in [1.807, 2.05) is 6.92 Å². The van der Waals surface area contributed by atoms with Crippen molar-refractivity contribution in [2.45, 2.75) is 25.6 Å². The summed E-state index contributed by atoms with van der Waals surface area (Å²) in [7, 11) is 0. The highest BCUT2D eigenvalue weighted by Gasteiger charge is 2.45. The molecule has 3 nitrogen and oxygen atoms in total. The second-order valence-electron chi connectivity index (χ2n) is 4.85. The van der Waals surface area contributed by atoms with Gasteiger partial charge in [0.25, 0.3) is 0 Å². The molecule has 0 radical (unpaired) electrons. The number of amides is 1. The molecule has 2 rings (SSSR count). The van der Waals surface area contributed by atoms with Crippen LogP contribution in [0.1, 0.15) is 12.0 Å². The Morgan fingerprint density at radius 3 is 2.40 bits per heavy atom. The minimum absolute atomic E-state index is 0.122. The number of benzene rings is 1. The zero-order chi connectivity index (χ0) is 14.9. The van der Waals surface area contributed by atoms with E-state index in [4.69, 9.17) is 5.73 Å². The maximum Gasteiger partial charge on any atom is 0.409 e. The Morgan fingerprint density at radius 2 is 1.90 bits per heavy atom. The molecule has 20 heavy (non-hydrogen) atoms. The molecule has 1 aromatic carbocycles. The number of nitrogens with zero attached hydrogens (tertiary/aromatic N) is 1. The molecule has 1 atom stereocenters. The number of carbonyl (C=O) groups excluding carboxylic acids is 1. The molecule has 1 aliphatic rings. The first-order valence-corrected chi connectivity index (χ1v) is 6.18. The molecule has 0 saturated heterocycles. The van der Waals surface area contributed by atoms with Gasteiger partial charge in [0.15, 0.2) is 0 Å². The molecule has 1 heterocycles. The molecule has 0 spiro atoms. The Bertz CT molecular complexity index is 534. The van der Waals surface area contributed by atoms with Crippen LogP contribution >= 0.6 is 0 Å². The molecular formula is C14H15F3N2O. The summed E-state index contributed by atoms with van der Waals surface area (Å²) in [4.78, 5) is 12.4. The van der Waals surface area contributed by atoms with Crippen molar-refractivity contribution in [2.24, 2.45) is 5.73 Å². The van der Waals surface area contributed by atoms with Crippen LogP contribution in [0, 0.1) is 6.92 Å². The molecule has 2 N–H and O–H groups in total. The van der Waals surface area contributed by atoms with E-state index in [0.29, 0.717) is 5.69 Å². The van der Waals surface area contributed by atoms with Crippen LogP contribution in [-0.4, -0.2) is 24.7 Å². The van der Waals surface area contributed by atoms with Crippen molar-refractivity contribution < 1.29 is 18.0 Å². The fourth-order valence-electron chi connectivity index (χ4n) is 2.24. The number of hydrogen-bond donors (Lipinski definition) is 1. The maximum atomic E-state index is 13.1. The van der Waals surface area contributed by atoms with Crippen LogP contribution in [0.15, 0.2) is 35.9 Å². The van der Waals surface area contributed by atoms with Crippen molar-refractivity contribution >= 4 is 11.6 Å². The van der Waals surface area contributed by atoms with E-state index >= 15 is 0 Å². The van der Waals surface area contributed by atoms with Gasteiger partial charge in [-0.15, -0.1) is 0 Å². The van der Waals surface area contributed by atoms with Crippen LogP contribution in [0.4, 0.5) is 18.9 Å². The molecule has 1 aromatic rings. The van der Waals surface area contributed by atoms with E-state index in [-0.39, 0.29) is 18.5 Å². The summed E-state index contributed by atoms with van der Waals surface area (Å²) in [5.41, 5.74) is 6.78. The van der Waals surface area contributed by atoms with E-state index in [0.717, 1.165) is 5.56 Å². The summed E-state index contributed by atoms with van der Waals surface area (Å²) in [6.45, 7) is 1.73. The van der Waals surface area contributed by atoms with Crippen LogP contribution in [0.5, 0.6) is 0 Å². The standard InChI is InChI=1S/C14H15F3N2O/c1-9-2-5-11(6-3-9)19-8-10(13(18)20)4-7-12(19)14(15,16)17/h2-6,12H,7-8H2,1H3,(H2,18,20). The fourth-order valence-corrected chi connectivity index (χ4v) is 2.24. The number of rotatable bonds is 2. The quantitative estimate of drug-likeness (QED) is 0.907. The summed E-state index contributed by atoms with van der Waals surface area (Å²) in [5, 5.41) is 0. The summed E-state index contributed by atoms with van der Waals surface area (Å²) in [6.07, 6.45) is -3.34. The normalized spacial score (nSPS) is 19.7. The van der Waals surface area contributed by atoms with Crippen LogP contribution in [-0.2, 0) is 4.79 Å². The average Bonchev–Trinajstić information content (AvgIpc) is 2.37. The van der Waals surface area contributed by atoms with Crippen molar-refractivity contribution in [2.75, 3.05) is 11.4 Å². The Morgan fingerprint density at radius 1 is 1.30 bits per heavy atom. The van der Waals surface area contributed by atoms with E-state index in [1.54, 1.807) is 24.3 Å². The molecule has 0 saturated carbocycles. The molecule has 0 aliphatic carbocycles. The Labute approximate surface area is 114 Å². The van der Waals surface area contributed by atoms with E-state index in [2.05, 4.69) is 0 Å². The molecule has 0 bridgehead atoms. The van der Waals surface area contributed by atoms with E-state index in [1.165, 1.54) is 11.0 Å². The van der Waals surface area contributed by atoms with Gasteiger partial charge in [0.2, 0.25) is 5.91 Å². The third-order valence-electron chi connectivity index (χ3n) is 3.36.